The first-order valence-corrected chi connectivity index (χ1v) is 7.36. The number of likely N-dealkylation sites (N-methyl/N-ethyl adjacent to an activating group) is 1. The van der Waals surface area contributed by atoms with Crippen molar-refractivity contribution in [3.05, 3.63) is 35.6 Å². The number of hydrogen-bond donors (Lipinski definition) is 1. The molecule has 0 atom stereocenters. The first-order valence-electron chi connectivity index (χ1n) is 7.36. The maximum Gasteiger partial charge on any atom is 0.292 e. The number of rotatable bonds is 5. The molecule has 3 rings (SSSR count). The Labute approximate surface area is 128 Å². The van der Waals surface area contributed by atoms with Crippen LogP contribution in [0.15, 0.2) is 28.8 Å². The number of aliphatic hydroxyl groups is 1. The van der Waals surface area contributed by atoms with Gasteiger partial charge in [-0.1, -0.05) is 5.16 Å². The number of aliphatic hydroxyl groups excluding tert-OH is 1. The van der Waals surface area contributed by atoms with Crippen molar-refractivity contribution in [2.24, 2.45) is 0 Å². The van der Waals surface area contributed by atoms with Crippen LogP contribution in [0.5, 0.6) is 5.75 Å². The van der Waals surface area contributed by atoms with Crippen LogP contribution in [0.2, 0.25) is 0 Å². The highest BCUT2D eigenvalue weighted by Crippen LogP contribution is 2.30. The molecule has 0 spiro atoms. The number of aromatic nitrogens is 1. The molecule has 1 N–H and O–H groups in total. The predicted molar refractivity (Wildman–Crippen MR) is 79.8 cm³/mol. The zero-order chi connectivity index (χ0) is 15.5. The summed E-state index contributed by atoms with van der Waals surface area (Å²) in [6, 6.07) is 7.47. The Morgan fingerprint density at radius 3 is 3.05 bits per heavy atom. The van der Waals surface area contributed by atoms with E-state index in [-0.39, 0.29) is 24.8 Å². The van der Waals surface area contributed by atoms with E-state index in [1.807, 2.05) is 25.1 Å². The van der Waals surface area contributed by atoms with E-state index >= 15 is 0 Å². The maximum absolute atomic E-state index is 12.3. The topological polar surface area (TPSA) is 75.8 Å². The summed E-state index contributed by atoms with van der Waals surface area (Å²) in [5.74, 6) is 0.825. The summed E-state index contributed by atoms with van der Waals surface area (Å²) >= 11 is 0. The van der Waals surface area contributed by atoms with Crippen molar-refractivity contribution in [3.63, 3.8) is 0 Å². The average molecular weight is 302 g/mol. The van der Waals surface area contributed by atoms with E-state index in [0.717, 1.165) is 23.3 Å². The summed E-state index contributed by atoms with van der Waals surface area (Å²) in [6.07, 6.45) is 0.882. The van der Waals surface area contributed by atoms with Crippen molar-refractivity contribution >= 4 is 5.91 Å². The van der Waals surface area contributed by atoms with E-state index in [1.165, 1.54) is 4.90 Å². The summed E-state index contributed by atoms with van der Waals surface area (Å²) in [6.45, 7) is 3.26. The predicted octanol–water partition coefficient (Wildman–Crippen LogP) is 1.73. The van der Waals surface area contributed by atoms with Crippen molar-refractivity contribution in [2.75, 3.05) is 26.3 Å². The van der Waals surface area contributed by atoms with E-state index in [2.05, 4.69) is 5.16 Å². The quantitative estimate of drug-likeness (QED) is 0.910. The second-order valence-electron chi connectivity index (χ2n) is 5.11. The van der Waals surface area contributed by atoms with Gasteiger partial charge in [0.05, 0.1) is 13.2 Å². The fourth-order valence-corrected chi connectivity index (χ4v) is 2.54. The van der Waals surface area contributed by atoms with E-state index in [0.29, 0.717) is 18.8 Å². The third-order valence-corrected chi connectivity index (χ3v) is 3.75. The molecule has 0 aliphatic carbocycles. The molecule has 0 bridgehead atoms. The van der Waals surface area contributed by atoms with Crippen LogP contribution in [-0.2, 0) is 6.42 Å². The monoisotopic (exact) mass is 302 g/mol. The number of nitrogens with zero attached hydrogens (tertiary/aromatic N) is 2. The van der Waals surface area contributed by atoms with Gasteiger partial charge in [-0.05, 0) is 30.7 Å². The molecule has 22 heavy (non-hydrogen) atoms. The van der Waals surface area contributed by atoms with Crippen molar-refractivity contribution in [1.82, 2.24) is 10.1 Å². The standard InChI is InChI=1S/C16H18N2O4/c1-2-18(6-7-19)16(20)15-10-13(17-22-15)11-3-4-14-12(9-11)5-8-21-14/h3-4,9-10,19H,2,5-8H2,1H3. The number of amides is 1. The van der Waals surface area contributed by atoms with Crippen molar-refractivity contribution < 1.29 is 19.2 Å². The lowest BCUT2D eigenvalue weighted by Gasteiger charge is -2.17. The smallest absolute Gasteiger partial charge is 0.292 e. The molecule has 0 fully saturated rings. The molecule has 1 aromatic heterocycles. The van der Waals surface area contributed by atoms with Gasteiger partial charge in [-0.2, -0.15) is 0 Å². The summed E-state index contributed by atoms with van der Waals surface area (Å²) in [5, 5.41) is 13.0. The van der Waals surface area contributed by atoms with Gasteiger partial charge in [0.2, 0.25) is 5.76 Å². The van der Waals surface area contributed by atoms with Gasteiger partial charge in [-0.3, -0.25) is 4.79 Å². The van der Waals surface area contributed by atoms with Crippen LogP contribution in [0.25, 0.3) is 11.3 Å². The number of carbonyl (C=O) groups excluding carboxylic acids is 1. The Kier molecular flexibility index (Phi) is 4.11. The molecule has 0 unspecified atom stereocenters. The molecule has 6 nitrogen and oxygen atoms in total. The van der Waals surface area contributed by atoms with Crippen molar-refractivity contribution in [2.45, 2.75) is 13.3 Å². The number of ether oxygens (including phenoxy) is 1. The first kappa shape index (κ1) is 14.6. The molecule has 2 heterocycles. The molecule has 1 aromatic carbocycles. The number of benzene rings is 1. The summed E-state index contributed by atoms with van der Waals surface area (Å²) in [7, 11) is 0. The Hall–Kier alpha value is -2.34. The fraction of sp³-hybridized carbons (Fsp3) is 0.375. The summed E-state index contributed by atoms with van der Waals surface area (Å²) < 4.78 is 10.7. The highest BCUT2D eigenvalue weighted by atomic mass is 16.5. The van der Waals surface area contributed by atoms with Crippen molar-refractivity contribution in [3.8, 4) is 17.0 Å². The van der Waals surface area contributed by atoms with Gasteiger partial charge in [0.15, 0.2) is 0 Å². The molecule has 116 valence electrons. The van der Waals surface area contributed by atoms with Gasteiger partial charge < -0.3 is 19.3 Å². The highest BCUT2D eigenvalue weighted by molar-refractivity contribution is 5.92. The Bertz CT molecular complexity index is 681. The fourth-order valence-electron chi connectivity index (χ4n) is 2.54. The SMILES string of the molecule is CCN(CCO)C(=O)c1cc(-c2ccc3c(c2)CCO3)no1. The normalized spacial score (nSPS) is 12.8. The maximum atomic E-state index is 12.3. The van der Waals surface area contributed by atoms with E-state index in [4.69, 9.17) is 14.4 Å². The van der Waals surface area contributed by atoms with E-state index < -0.39 is 0 Å². The second-order valence-corrected chi connectivity index (χ2v) is 5.11. The van der Waals surface area contributed by atoms with Crippen LogP contribution in [0, 0.1) is 0 Å². The molecule has 1 aliphatic rings. The Morgan fingerprint density at radius 2 is 2.27 bits per heavy atom. The zero-order valence-electron chi connectivity index (χ0n) is 12.4. The summed E-state index contributed by atoms with van der Waals surface area (Å²) in [5.41, 5.74) is 2.67. The van der Waals surface area contributed by atoms with Crippen LogP contribution in [0.1, 0.15) is 23.0 Å². The molecule has 1 aliphatic heterocycles. The minimum atomic E-state index is -0.264. The lowest BCUT2D eigenvalue weighted by molar-refractivity contribution is 0.0690. The molecular weight excluding hydrogens is 284 g/mol. The molecule has 0 saturated carbocycles. The molecular formula is C16H18N2O4. The summed E-state index contributed by atoms with van der Waals surface area (Å²) in [4.78, 5) is 13.8. The van der Waals surface area contributed by atoms with Crippen LogP contribution < -0.4 is 4.74 Å². The van der Waals surface area contributed by atoms with Gasteiger partial charge in [0.25, 0.3) is 5.91 Å². The highest BCUT2D eigenvalue weighted by Gasteiger charge is 2.20. The van der Waals surface area contributed by atoms with Crippen LogP contribution >= 0.6 is 0 Å². The molecule has 2 aromatic rings. The molecule has 1 amide bonds. The van der Waals surface area contributed by atoms with Gasteiger partial charge in [0, 0.05) is 31.1 Å². The van der Waals surface area contributed by atoms with Crippen LogP contribution in [0.3, 0.4) is 0 Å². The van der Waals surface area contributed by atoms with E-state index in [1.54, 1.807) is 6.07 Å². The van der Waals surface area contributed by atoms with Gasteiger partial charge >= 0.3 is 0 Å². The van der Waals surface area contributed by atoms with Crippen LogP contribution in [0.4, 0.5) is 0 Å². The molecule has 0 radical (unpaired) electrons. The van der Waals surface area contributed by atoms with Crippen molar-refractivity contribution in [1.29, 1.82) is 0 Å². The Balaban J connectivity index is 1.83. The number of fused-ring (bicyclic) bond motifs is 1. The largest absolute Gasteiger partial charge is 0.493 e. The lowest BCUT2D eigenvalue weighted by Crippen LogP contribution is -2.33. The molecule has 0 saturated heterocycles. The second kappa shape index (κ2) is 6.19. The first-order chi connectivity index (χ1) is 10.7. The Morgan fingerprint density at radius 1 is 1.41 bits per heavy atom. The average Bonchev–Trinajstić information content (AvgIpc) is 3.19. The van der Waals surface area contributed by atoms with Gasteiger partial charge in [0.1, 0.15) is 11.4 Å². The van der Waals surface area contributed by atoms with Gasteiger partial charge in [-0.15, -0.1) is 0 Å². The zero-order valence-corrected chi connectivity index (χ0v) is 12.4. The number of carbonyl (C=O) groups is 1. The van der Waals surface area contributed by atoms with Gasteiger partial charge in [-0.25, -0.2) is 0 Å². The van der Waals surface area contributed by atoms with Crippen LogP contribution in [-0.4, -0.2) is 47.4 Å². The minimum absolute atomic E-state index is 0.0780. The third kappa shape index (κ3) is 2.69. The van der Waals surface area contributed by atoms with E-state index in [9.17, 15) is 4.79 Å². The third-order valence-electron chi connectivity index (χ3n) is 3.75. The number of hydrogen-bond acceptors (Lipinski definition) is 5. The minimum Gasteiger partial charge on any atom is -0.493 e. The molecule has 6 heteroatoms. The lowest BCUT2D eigenvalue weighted by atomic mass is 10.1.